The molecule has 0 bridgehead atoms. The van der Waals surface area contributed by atoms with Gasteiger partial charge in [-0.2, -0.15) is 0 Å². The molecular weight excluding hydrogens is 337 g/mol. The number of amides is 1. The zero-order valence-electron chi connectivity index (χ0n) is 14.4. The predicted octanol–water partition coefficient (Wildman–Crippen LogP) is 3.62. The van der Waals surface area contributed by atoms with Crippen molar-refractivity contribution in [2.24, 2.45) is 0 Å². The van der Waals surface area contributed by atoms with Crippen molar-refractivity contribution in [3.05, 3.63) is 77.7 Å². The third-order valence-electron chi connectivity index (χ3n) is 4.00. The predicted molar refractivity (Wildman–Crippen MR) is 92.0 cm³/mol. The van der Waals surface area contributed by atoms with E-state index in [2.05, 4.69) is 10.1 Å². The van der Waals surface area contributed by atoms with Gasteiger partial charge in [0.05, 0.1) is 11.7 Å². The molecule has 7 heteroatoms. The standard InChI is InChI=1S/C19H18FN3O3/c1-13(16-8-5-6-10-21-16)23(2)19(24)17-11-14(26-22-17)12-25-18-9-4-3-7-15(18)20/h3-11,13H,12H2,1-2H3. The number of rotatable bonds is 6. The van der Waals surface area contributed by atoms with Crippen LogP contribution in [0, 0.1) is 5.82 Å². The fourth-order valence-electron chi connectivity index (χ4n) is 2.37. The van der Waals surface area contributed by atoms with Crippen molar-refractivity contribution in [2.45, 2.75) is 19.6 Å². The Kier molecular flexibility index (Phi) is 5.26. The van der Waals surface area contributed by atoms with Crippen LogP contribution in [-0.4, -0.2) is 28.0 Å². The van der Waals surface area contributed by atoms with Crippen molar-refractivity contribution in [3.63, 3.8) is 0 Å². The quantitative estimate of drug-likeness (QED) is 0.675. The van der Waals surface area contributed by atoms with Crippen molar-refractivity contribution < 1.29 is 18.4 Å². The maximum Gasteiger partial charge on any atom is 0.276 e. The van der Waals surface area contributed by atoms with E-state index in [9.17, 15) is 9.18 Å². The fraction of sp³-hybridized carbons (Fsp3) is 0.211. The maximum absolute atomic E-state index is 13.5. The van der Waals surface area contributed by atoms with Crippen molar-refractivity contribution in [1.29, 1.82) is 0 Å². The number of nitrogens with zero attached hydrogens (tertiary/aromatic N) is 3. The fourth-order valence-corrected chi connectivity index (χ4v) is 2.37. The van der Waals surface area contributed by atoms with E-state index in [1.54, 1.807) is 25.4 Å². The number of carbonyl (C=O) groups is 1. The average Bonchev–Trinajstić information content (AvgIpc) is 3.15. The summed E-state index contributed by atoms with van der Waals surface area (Å²) in [5.74, 6) is -0.329. The molecule has 1 unspecified atom stereocenters. The lowest BCUT2D eigenvalue weighted by Gasteiger charge is -2.23. The summed E-state index contributed by atoms with van der Waals surface area (Å²) in [6, 6.07) is 12.9. The highest BCUT2D eigenvalue weighted by Gasteiger charge is 2.23. The van der Waals surface area contributed by atoms with Crippen LogP contribution in [0.3, 0.4) is 0 Å². The number of ether oxygens (including phenoxy) is 1. The molecule has 3 rings (SSSR count). The third kappa shape index (κ3) is 3.88. The first-order chi connectivity index (χ1) is 12.6. The van der Waals surface area contributed by atoms with Crippen molar-refractivity contribution in [1.82, 2.24) is 15.0 Å². The maximum atomic E-state index is 13.5. The first-order valence-corrected chi connectivity index (χ1v) is 8.07. The molecule has 3 aromatic rings. The second-order valence-corrected chi connectivity index (χ2v) is 5.74. The van der Waals surface area contributed by atoms with Crippen LogP contribution in [-0.2, 0) is 6.61 Å². The van der Waals surface area contributed by atoms with Gasteiger partial charge in [0.2, 0.25) is 0 Å². The normalized spacial score (nSPS) is 11.8. The summed E-state index contributed by atoms with van der Waals surface area (Å²) >= 11 is 0. The molecule has 0 aliphatic heterocycles. The summed E-state index contributed by atoms with van der Waals surface area (Å²) in [4.78, 5) is 18.4. The van der Waals surface area contributed by atoms with E-state index in [0.29, 0.717) is 5.76 Å². The highest BCUT2D eigenvalue weighted by molar-refractivity contribution is 5.92. The molecule has 134 valence electrons. The second-order valence-electron chi connectivity index (χ2n) is 5.74. The van der Waals surface area contributed by atoms with Crippen LogP contribution >= 0.6 is 0 Å². The van der Waals surface area contributed by atoms with Crippen LogP contribution in [0.15, 0.2) is 59.3 Å². The summed E-state index contributed by atoms with van der Waals surface area (Å²) in [6.07, 6.45) is 1.68. The minimum atomic E-state index is -0.466. The minimum Gasteiger partial charge on any atom is -0.482 e. The van der Waals surface area contributed by atoms with Crippen molar-refractivity contribution in [3.8, 4) is 5.75 Å². The van der Waals surface area contributed by atoms with E-state index in [1.807, 2.05) is 25.1 Å². The molecule has 0 saturated carbocycles. The molecule has 0 fully saturated rings. The number of pyridine rings is 1. The van der Waals surface area contributed by atoms with Crippen molar-refractivity contribution in [2.75, 3.05) is 7.05 Å². The Morgan fingerprint density at radius 3 is 2.77 bits per heavy atom. The van der Waals surface area contributed by atoms with Gasteiger partial charge in [0, 0.05) is 19.3 Å². The van der Waals surface area contributed by atoms with Crippen LogP contribution in [0.5, 0.6) is 5.75 Å². The van der Waals surface area contributed by atoms with Gasteiger partial charge in [-0.05, 0) is 31.2 Å². The van der Waals surface area contributed by atoms with Crippen LogP contribution in [0.4, 0.5) is 4.39 Å². The van der Waals surface area contributed by atoms with Crippen LogP contribution in [0.2, 0.25) is 0 Å². The largest absolute Gasteiger partial charge is 0.482 e. The Labute approximate surface area is 150 Å². The highest BCUT2D eigenvalue weighted by atomic mass is 19.1. The van der Waals surface area contributed by atoms with Gasteiger partial charge in [0.25, 0.3) is 5.91 Å². The summed E-state index contributed by atoms with van der Waals surface area (Å²) < 4.78 is 24.0. The molecular formula is C19H18FN3O3. The van der Waals surface area contributed by atoms with Crippen LogP contribution in [0.1, 0.15) is 34.9 Å². The average molecular weight is 355 g/mol. The zero-order valence-corrected chi connectivity index (χ0v) is 14.4. The molecule has 0 spiro atoms. The first-order valence-electron chi connectivity index (χ1n) is 8.07. The van der Waals surface area contributed by atoms with Gasteiger partial charge in [-0.3, -0.25) is 9.78 Å². The van der Waals surface area contributed by atoms with Gasteiger partial charge in [-0.25, -0.2) is 4.39 Å². The van der Waals surface area contributed by atoms with Crippen LogP contribution < -0.4 is 4.74 Å². The molecule has 0 saturated heterocycles. The minimum absolute atomic E-state index is 0.0271. The SMILES string of the molecule is CC(c1ccccn1)N(C)C(=O)c1cc(COc2ccccc2F)on1. The van der Waals surface area contributed by atoms with E-state index >= 15 is 0 Å². The summed E-state index contributed by atoms with van der Waals surface area (Å²) in [6.45, 7) is 1.85. The number of benzene rings is 1. The second kappa shape index (κ2) is 7.77. The van der Waals surface area contributed by atoms with Gasteiger partial charge in [0.1, 0.15) is 6.61 Å². The Morgan fingerprint density at radius 1 is 1.27 bits per heavy atom. The molecule has 2 aromatic heterocycles. The van der Waals surface area contributed by atoms with Gasteiger partial charge in [0.15, 0.2) is 23.0 Å². The monoisotopic (exact) mass is 355 g/mol. The molecule has 1 atom stereocenters. The third-order valence-corrected chi connectivity index (χ3v) is 4.00. The number of hydrogen-bond acceptors (Lipinski definition) is 5. The van der Waals surface area contributed by atoms with Crippen LogP contribution in [0.25, 0.3) is 0 Å². The van der Waals surface area contributed by atoms with Gasteiger partial charge >= 0.3 is 0 Å². The van der Waals surface area contributed by atoms with E-state index < -0.39 is 5.82 Å². The summed E-state index contributed by atoms with van der Waals surface area (Å²) in [5.41, 5.74) is 0.928. The van der Waals surface area contributed by atoms with E-state index in [1.165, 1.54) is 23.1 Å². The Bertz CT molecular complexity index is 883. The molecule has 2 heterocycles. The number of para-hydroxylation sites is 1. The topological polar surface area (TPSA) is 68.5 Å². The van der Waals surface area contributed by atoms with Gasteiger partial charge < -0.3 is 14.2 Å². The molecule has 1 aromatic carbocycles. The molecule has 6 nitrogen and oxygen atoms in total. The molecule has 0 N–H and O–H groups in total. The number of hydrogen-bond donors (Lipinski definition) is 0. The lowest BCUT2D eigenvalue weighted by Crippen LogP contribution is -2.30. The number of aromatic nitrogens is 2. The Hall–Kier alpha value is -3.22. The number of halogens is 1. The molecule has 26 heavy (non-hydrogen) atoms. The zero-order chi connectivity index (χ0) is 18.5. The molecule has 1 amide bonds. The van der Waals surface area contributed by atoms with E-state index in [4.69, 9.17) is 9.26 Å². The van der Waals surface area contributed by atoms with Gasteiger partial charge in [-0.15, -0.1) is 0 Å². The first kappa shape index (κ1) is 17.6. The lowest BCUT2D eigenvalue weighted by atomic mass is 10.2. The number of carbonyl (C=O) groups excluding carboxylic acids is 1. The summed E-state index contributed by atoms with van der Waals surface area (Å²) in [5, 5.41) is 3.79. The van der Waals surface area contributed by atoms with Crippen molar-refractivity contribution >= 4 is 5.91 Å². The molecule has 0 radical (unpaired) electrons. The molecule has 0 aliphatic carbocycles. The van der Waals surface area contributed by atoms with Gasteiger partial charge in [-0.1, -0.05) is 23.4 Å². The molecule has 0 aliphatic rings. The van der Waals surface area contributed by atoms with E-state index in [-0.39, 0.29) is 30.0 Å². The van der Waals surface area contributed by atoms with E-state index in [0.717, 1.165) is 5.69 Å². The Balaban J connectivity index is 1.65. The summed E-state index contributed by atoms with van der Waals surface area (Å²) in [7, 11) is 1.67. The lowest BCUT2D eigenvalue weighted by molar-refractivity contribution is 0.0729. The highest BCUT2D eigenvalue weighted by Crippen LogP contribution is 2.20. The smallest absolute Gasteiger partial charge is 0.276 e. The Morgan fingerprint density at radius 2 is 2.04 bits per heavy atom.